The molecule has 1 aliphatic rings. The summed E-state index contributed by atoms with van der Waals surface area (Å²) < 4.78 is 5.99. The second-order valence-electron chi connectivity index (χ2n) is 5.54. The molecule has 3 heteroatoms. The molecule has 1 unspecified atom stereocenters. The van der Waals surface area contributed by atoms with Gasteiger partial charge < -0.3 is 15.2 Å². The maximum Gasteiger partial charge on any atom is 0.122 e. The number of aliphatic hydroxyl groups excluding tert-OH is 1. The van der Waals surface area contributed by atoms with Crippen LogP contribution in [0.2, 0.25) is 0 Å². The van der Waals surface area contributed by atoms with Gasteiger partial charge in [0, 0.05) is 12.6 Å². The zero-order valence-corrected chi connectivity index (χ0v) is 12.5. The molecule has 0 aromatic heterocycles. The zero-order chi connectivity index (χ0) is 14.2. The summed E-state index contributed by atoms with van der Waals surface area (Å²) in [5, 5.41) is 12.1. The Morgan fingerprint density at radius 2 is 2.10 bits per heavy atom. The number of nitrogens with one attached hydrogen (secondary N) is 1. The molecule has 1 aliphatic carbocycles. The molecule has 0 radical (unpaired) electrons. The first-order valence-electron chi connectivity index (χ1n) is 7.89. The Hall–Kier alpha value is -1.06. The summed E-state index contributed by atoms with van der Waals surface area (Å²) in [6.07, 6.45) is 7.78. The van der Waals surface area contributed by atoms with Crippen molar-refractivity contribution in [3.05, 3.63) is 29.3 Å². The fraction of sp³-hybridized carbons (Fsp3) is 0.647. The molecule has 0 bridgehead atoms. The van der Waals surface area contributed by atoms with Gasteiger partial charge >= 0.3 is 0 Å². The molecule has 112 valence electrons. The topological polar surface area (TPSA) is 41.5 Å². The lowest BCUT2D eigenvalue weighted by Gasteiger charge is -2.26. The summed E-state index contributed by atoms with van der Waals surface area (Å²) in [6, 6.07) is 6.91. The van der Waals surface area contributed by atoms with Crippen LogP contribution in [0.1, 0.15) is 55.7 Å². The maximum absolute atomic E-state index is 8.74. The Balaban J connectivity index is 1.89. The third-order valence-electron chi connectivity index (χ3n) is 4.12. The normalized spacial score (nSPS) is 17.8. The molecule has 0 aliphatic heterocycles. The molecule has 3 nitrogen and oxygen atoms in total. The molecule has 0 spiro atoms. The van der Waals surface area contributed by atoms with Crippen LogP contribution in [0.25, 0.3) is 0 Å². The lowest BCUT2D eigenvalue weighted by Crippen LogP contribution is -2.22. The second kappa shape index (κ2) is 8.28. The van der Waals surface area contributed by atoms with Crippen LogP contribution in [0.15, 0.2) is 18.2 Å². The van der Waals surface area contributed by atoms with Gasteiger partial charge in [-0.1, -0.05) is 18.6 Å². The van der Waals surface area contributed by atoms with E-state index in [2.05, 4.69) is 23.5 Å². The minimum Gasteiger partial charge on any atom is -0.493 e. The van der Waals surface area contributed by atoms with Gasteiger partial charge in [0.05, 0.1) is 6.61 Å². The second-order valence-corrected chi connectivity index (χ2v) is 5.54. The van der Waals surface area contributed by atoms with Crippen molar-refractivity contribution in [2.45, 2.75) is 51.0 Å². The average Bonchev–Trinajstić information content (AvgIpc) is 2.50. The SMILES string of the molecule is CNC1CCCc2c(OCCCCCCO)cccc21. The number of unbranched alkanes of at least 4 members (excludes halogenated alkanes) is 3. The minimum atomic E-state index is 0.304. The fourth-order valence-electron chi connectivity index (χ4n) is 3.00. The van der Waals surface area contributed by atoms with Gasteiger partial charge in [0.1, 0.15) is 5.75 Å². The van der Waals surface area contributed by atoms with Crippen LogP contribution in [-0.4, -0.2) is 25.4 Å². The zero-order valence-electron chi connectivity index (χ0n) is 12.5. The van der Waals surface area contributed by atoms with E-state index in [4.69, 9.17) is 9.84 Å². The Bertz CT molecular complexity index is 406. The van der Waals surface area contributed by atoms with E-state index in [0.717, 1.165) is 44.5 Å². The van der Waals surface area contributed by atoms with E-state index >= 15 is 0 Å². The number of ether oxygens (including phenoxy) is 1. The molecule has 2 rings (SSSR count). The van der Waals surface area contributed by atoms with Gasteiger partial charge in [0.15, 0.2) is 0 Å². The van der Waals surface area contributed by atoms with E-state index in [1.54, 1.807) is 0 Å². The number of benzene rings is 1. The number of hydrogen-bond donors (Lipinski definition) is 2. The van der Waals surface area contributed by atoms with Crippen LogP contribution in [-0.2, 0) is 6.42 Å². The minimum absolute atomic E-state index is 0.304. The van der Waals surface area contributed by atoms with Crippen molar-refractivity contribution >= 4 is 0 Å². The van der Waals surface area contributed by atoms with E-state index in [1.807, 2.05) is 7.05 Å². The number of rotatable bonds is 8. The van der Waals surface area contributed by atoms with E-state index in [-0.39, 0.29) is 0 Å². The predicted octanol–water partition coefficient (Wildman–Crippen LogP) is 3.21. The third-order valence-corrected chi connectivity index (χ3v) is 4.12. The maximum atomic E-state index is 8.74. The Labute approximate surface area is 122 Å². The van der Waals surface area contributed by atoms with Crippen molar-refractivity contribution in [2.24, 2.45) is 0 Å². The highest BCUT2D eigenvalue weighted by molar-refractivity contribution is 5.43. The average molecular weight is 277 g/mol. The monoisotopic (exact) mass is 277 g/mol. The molecule has 0 amide bonds. The van der Waals surface area contributed by atoms with E-state index < -0.39 is 0 Å². The number of aliphatic hydroxyl groups is 1. The van der Waals surface area contributed by atoms with Crippen LogP contribution >= 0.6 is 0 Å². The van der Waals surface area contributed by atoms with Crippen LogP contribution in [0, 0.1) is 0 Å². The highest BCUT2D eigenvalue weighted by atomic mass is 16.5. The first-order valence-corrected chi connectivity index (χ1v) is 7.89. The molecular weight excluding hydrogens is 250 g/mol. The molecule has 0 saturated heterocycles. The van der Waals surface area contributed by atoms with Crippen molar-refractivity contribution in [2.75, 3.05) is 20.3 Å². The van der Waals surface area contributed by atoms with Crippen molar-refractivity contribution in [1.29, 1.82) is 0 Å². The van der Waals surface area contributed by atoms with Crippen molar-refractivity contribution in [1.82, 2.24) is 5.32 Å². The Morgan fingerprint density at radius 1 is 1.25 bits per heavy atom. The highest BCUT2D eigenvalue weighted by Crippen LogP contribution is 2.35. The molecule has 0 heterocycles. The van der Waals surface area contributed by atoms with Gasteiger partial charge in [-0.25, -0.2) is 0 Å². The van der Waals surface area contributed by atoms with Crippen LogP contribution in [0.4, 0.5) is 0 Å². The van der Waals surface area contributed by atoms with Crippen molar-refractivity contribution in [3.63, 3.8) is 0 Å². The fourth-order valence-corrected chi connectivity index (χ4v) is 3.00. The van der Waals surface area contributed by atoms with Gasteiger partial charge in [-0.05, 0) is 62.8 Å². The number of fused-ring (bicyclic) bond motifs is 1. The van der Waals surface area contributed by atoms with E-state index in [9.17, 15) is 0 Å². The third kappa shape index (κ3) is 3.97. The summed E-state index contributed by atoms with van der Waals surface area (Å²) in [4.78, 5) is 0. The molecular formula is C17H27NO2. The quantitative estimate of drug-likeness (QED) is 0.717. The molecule has 0 saturated carbocycles. The summed E-state index contributed by atoms with van der Waals surface area (Å²) in [6.45, 7) is 1.09. The van der Waals surface area contributed by atoms with E-state index in [1.165, 1.54) is 24.0 Å². The van der Waals surface area contributed by atoms with Gasteiger partial charge in [0.25, 0.3) is 0 Å². The van der Waals surface area contributed by atoms with E-state index in [0.29, 0.717) is 12.6 Å². The molecule has 1 atom stereocenters. The predicted molar refractivity (Wildman–Crippen MR) is 82.2 cm³/mol. The van der Waals surface area contributed by atoms with Crippen LogP contribution in [0.5, 0.6) is 5.75 Å². The molecule has 1 aromatic rings. The van der Waals surface area contributed by atoms with Gasteiger partial charge in [-0.15, -0.1) is 0 Å². The lowest BCUT2D eigenvalue weighted by atomic mass is 9.87. The van der Waals surface area contributed by atoms with Gasteiger partial charge in [0.2, 0.25) is 0 Å². The molecule has 2 N–H and O–H groups in total. The van der Waals surface area contributed by atoms with Gasteiger partial charge in [-0.2, -0.15) is 0 Å². The first-order chi connectivity index (χ1) is 9.86. The van der Waals surface area contributed by atoms with Gasteiger partial charge in [-0.3, -0.25) is 0 Å². The Morgan fingerprint density at radius 3 is 2.90 bits per heavy atom. The van der Waals surface area contributed by atoms with Crippen LogP contribution < -0.4 is 10.1 Å². The Kier molecular flexibility index (Phi) is 6.34. The molecule has 20 heavy (non-hydrogen) atoms. The summed E-state index contributed by atoms with van der Waals surface area (Å²) >= 11 is 0. The van der Waals surface area contributed by atoms with Crippen molar-refractivity contribution in [3.8, 4) is 5.75 Å². The van der Waals surface area contributed by atoms with Crippen LogP contribution in [0.3, 0.4) is 0 Å². The highest BCUT2D eigenvalue weighted by Gasteiger charge is 2.21. The molecule has 0 fully saturated rings. The first kappa shape index (κ1) is 15.3. The number of hydrogen-bond acceptors (Lipinski definition) is 3. The lowest BCUT2D eigenvalue weighted by molar-refractivity contribution is 0.272. The molecule has 1 aromatic carbocycles. The summed E-state index contributed by atoms with van der Waals surface area (Å²) in [5.41, 5.74) is 2.81. The summed E-state index contributed by atoms with van der Waals surface area (Å²) in [7, 11) is 2.04. The largest absolute Gasteiger partial charge is 0.493 e. The summed E-state index contributed by atoms with van der Waals surface area (Å²) in [5.74, 6) is 1.07. The van der Waals surface area contributed by atoms with Crippen molar-refractivity contribution < 1.29 is 9.84 Å². The standard InChI is InChI=1S/C17H27NO2/c1-18-16-10-6-9-15-14(16)8-7-11-17(15)20-13-5-3-2-4-12-19/h7-8,11,16,18-19H,2-6,9-10,12-13H2,1H3. The smallest absolute Gasteiger partial charge is 0.122 e.